The van der Waals surface area contributed by atoms with Gasteiger partial charge in [0, 0.05) is 35.4 Å². The standard InChI is InChI=1S/C44H49Cl2N5O9S/c1-9-26-23-44(26,40(54)50-61(56,57)36-30(45)16-13-17-31(36)46)49-38(52)34-21-28(24-51(34)39(53)37(42(2,3)4)48-41(55)60-43(5,6)7)59-35-22-32(25-14-11-10-12-15-25)47-33-20-27(58-8)18-19-29(33)35/h9-20,22,26,28,34,37H,1,21,23-24H2,2-8H3,(H,48,55)(H,49,52)(H,50,54)/t26-,28-,34+,37-,44-/m1/s1. The van der Waals surface area contributed by atoms with E-state index in [0.29, 0.717) is 28.1 Å². The Morgan fingerprint density at radius 3 is 2.23 bits per heavy atom. The molecule has 4 amide bonds. The number of nitrogens with zero attached hydrogens (tertiary/aromatic N) is 2. The SMILES string of the molecule is C=C[C@@H]1C[C@]1(NC(=O)[C@@H]1C[C@@H](Oc2cc(-c3ccccc3)nc3cc(OC)ccc23)CN1C(=O)[C@@H](NC(=O)OC(C)(C)C)C(C)(C)C)C(=O)NS(=O)(=O)c1c(Cl)cccc1Cl. The number of sulfonamides is 1. The number of methoxy groups -OCH3 is 1. The lowest BCUT2D eigenvalue weighted by Crippen LogP contribution is -2.60. The Morgan fingerprint density at radius 2 is 1.64 bits per heavy atom. The third-order valence-corrected chi connectivity index (χ3v) is 12.7. The molecule has 6 rings (SSSR count). The maximum Gasteiger partial charge on any atom is 0.408 e. The van der Waals surface area contributed by atoms with E-state index in [1.54, 1.807) is 66.9 Å². The molecule has 2 heterocycles. The summed E-state index contributed by atoms with van der Waals surface area (Å²) in [5.74, 6) is -2.07. The van der Waals surface area contributed by atoms with E-state index in [1.807, 2.05) is 41.1 Å². The highest BCUT2D eigenvalue weighted by Gasteiger charge is 2.61. The summed E-state index contributed by atoms with van der Waals surface area (Å²) in [6.07, 6.45) is -0.221. The van der Waals surface area contributed by atoms with Gasteiger partial charge in [0.05, 0.1) is 34.9 Å². The molecule has 1 aliphatic carbocycles. The van der Waals surface area contributed by atoms with Crippen LogP contribution in [0, 0.1) is 11.3 Å². The molecule has 1 saturated heterocycles. The molecule has 0 bridgehead atoms. The number of aromatic nitrogens is 1. The fourth-order valence-electron chi connectivity index (χ4n) is 7.29. The van der Waals surface area contributed by atoms with Gasteiger partial charge < -0.3 is 29.7 Å². The third-order valence-electron chi connectivity index (χ3n) is 10.4. The molecule has 61 heavy (non-hydrogen) atoms. The van der Waals surface area contributed by atoms with Crippen LogP contribution in [0.5, 0.6) is 11.5 Å². The molecular formula is C44H49Cl2N5O9S. The number of halogens is 2. The number of benzene rings is 3. The number of alkyl carbamates (subject to hydrolysis) is 1. The molecule has 1 aliphatic heterocycles. The van der Waals surface area contributed by atoms with Gasteiger partial charge >= 0.3 is 6.09 Å². The van der Waals surface area contributed by atoms with E-state index < -0.39 is 79.4 Å². The average Bonchev–Trinajstić information content (AvgIpc) is 3.74. The zero-order valence-electron chi connectivity index (χ0n) is 34.9. The molecule has 2 aliphatic rings. The van der Waals surface area contributed by atoms with Gasteiger partial charge in [-0.15, -0.1) is 6.58 Å². The first-order valence-electron chi connectivity index (χ1n) is 19.5. The van der Waals surface area contributed by atoms with Gasteiger partial charge in [-0.1, -0.05) is 86.4 Å². The highest BCUT2D eigenvalue weighted by molar-refractivity contribution is 7.90. The van der Waals surface area contributed by atoms with Crippen molar-refractivity contribution in [2.24, 2.45) is 11.3 Å². The molecule has 1 aromatic heterocycles. The van der Waals surface area contributed by atoms with E-state index in [1.165, 1.54) is 29.2 Å². The molecule has 1 saturated carbocycles. The second kappa shape index (κ2) is 17.2. The lowest BCUT2D eigenvalue weighted by atomic mass is 9.85. The molecule has 324 valence electrons. The summed E-state index contributed by atoms with van der Waals surface area (Å²) in [7, 11) is -3.06. The summed E-state index contributed by atoms with van der Waals surface area (Å²) < 4.78 is 46.7. The highest BCUT2D eigenvalue weighted by Crippen LogP contribution is 2.46. The topological polar surface area (TPSA) is 182 Å². The maximum absolute atomic E-state index is 14.8. The van der Waals surface area contributed by atoms with Crippen molar-refractivity contribution in [2.45, 2.75) is 88.6 Å². The van der Waals surface area contributed by atoms with Crippen LogP contribution in [0.2, 0.25) is 10.0 Å². The Morgan fingerprint density at radius 1 is 0.967 bits per heavy atom. The largest absolute Gasteiger partial charge is 0.497 e. The van der Waals surface area contributed by atoms with Crippen LogP contribution in [0.4, 0.5) is 4.79 Å². The van der Waals surface area contributed by atoms with Crippen molar-refractivity contribution in [3.05, 3.63) is 95.5 Å². The van der Waals surface area contributed by atoms with E-state index >= 15 is 0 Å². The number of hydrogen-bond donors (Lipinski definition) is 3. The Kier molecular flexibility index (Phi) is 12.7. The molecule has 14 nitrogen and oxygen atoms in total. The van der Waals surface area contributed by atoms with Crippen LogP contribution in [0.25, 0.3) is 22.2 Å². The van der Waals surface area contributed by atoms with Crippen LogP contribution in [-0.2, 0) is 29.1 Å². The van der Waals surface area contributed by atoms with Crippen LogP contribution in [-0.4, -0.2) is 85.1 Å². The maximum atomic E-state index is 14.8. The normalized spacial score (nSPS) is 20.6. The lowest BCUT2D eigenvalue weighted by molar-refractivity contribution is -0.143. The predicted molar refractivity (Wildman–Crippen MR) is 232 cm³/mol. The van der Waals surface area contributed by atoms with Gasteiger partial charge in [-0.25, -0.2) is 22.9 Å². The number of nitrogens with one attached hydrogen (secondary N) is 3. The average molecular weight is 895 g/mol. The zero-order chi connectivity index (χ0) is 44.7. The first kappa shape index (κ1) is 45.2. The van der Waals surface area contributed by atoms with Gasteiger partial charge in [-0.3, -0.25) is 14.4 Å². The van der Waals surface area contributed by atoms with Crippen LogP contribution in [0.1, 0.15) is 54.4 Å². The zero-order valence-corrected chi connectivity index (χ0v) is 37.2. The van der Waals surface area contributed by atoms with Crippen molar-refractivity contribution in [3.8, 4) is 22.8 Å². The van der Waals surface area contributed by atoms with E-state index in [2.05, 4.69) is 17.2 Å². The second-order valence-electron chi connectivity index (χ2n) is 17.2. The highest BCUT2D eigenvalue weighted by atomic mass is 35.5. The van der Waals surface area contributed by atoms with Crippen LogP contribution < -0.4 is 24.8 Å². The minimum atomic E-state index is -4.62. The van der Waals surface area contributed by atoms with Crippen molar-refractivity contribution in [1.29, 1.82) is 0 Å². The summed E-state index contributed by atoms with van der Waals surface area (Å²) in [4.78, 5) is 62.2. The summed E-state index contributed by atoms with van der Waals surface area (Å²) in [5, 5.41) is 5.70. The smallest absolute Gasteiger partial charge is 0.408 e. The molecule has 2 fully saturated rings. The molecule has 17 heteroatoms. The predicted octanol–water partition coefficient (Wildman–Crippen LogP) is 7.07. The van der Waals surface area contributed by atoms with Crippen LogP contribution in [0.3, 0.4) is 0 Å². The van der Waals surface area contributed by atoms with Gasteiger partial charge in [0.1, 0.15) is 45.7 Å². The van der Waals surface area contributed by atoms with E-state index in [9.17, 15) is 27.6 Å². The fraction of sp³-hybridized carbons (Fsp3) is 0.386. The van der Waals surface area contributed by atoms with Crippen molar-refractivity contribution in [2.75, 3.05) is 13.7 Å². The Labute approximate surface area is 365 Å². The number of hydrogen-bond acceptors (Lipinski definition) is 10. The number of carbonyl (C=O) groups is 4. The summed E-state index contributed by atoms with van der Waals surface area (Å²) in [5.41, 5.74) is -1.49. The van der Waals surface area contributed by atoms with Crippen LogP contribution in [0.15, 0.2) is 90.3 Å². The van der Waals surface area contributed by atoms with Crippen molar-refractivity contribution in [3.63, 3.8) is 0 Å². The minimum absolute atomic E-state index is 0.0139. The van der Waals surface area contributed by atoms with Gasteiger partial charge in [-0.05, 0) is 56.9 Å². The third kappa shape index (κ3) is 9.90. The molecule has 5 atom stereocenters. The van der Waals surface area contributed by atoms with Gasteiger partial charge in [0.15, 0.2) is 0 Å². The summed E-state index contributed by atoms with van der Waals surface area (Å²) in [6, 6.07) is 18.3. The first-order valence-corrected chi connectivity index (χ1v) is 21.8. The summed E-state index contributed by atoms with van der Waals surface area (Å²) in [6.45, 7) is 14.0. The Hall–Kier alpha value is -5.38. The number of carbonyl (C=O) groups excluding carboxylic acids is 4. The molecule has 4 aromatic rings. The van der Waals surface area contributed by atoms with Gasteiger partial charge in [0.25, 0.3) is 15.9 Å². The quantitative estimate of drug-likeness (QED) is 0.125. The van der Waals surface area contributed by atoms with Crippen molar-refractivity contribution < 1.29 is 41.8 Å². The van der Waals surface area contributed by atoms with E-state index in [4.69, 9.17) is 42.4 Å². The van der Waals surface area contributed by atoms with E-state index in [0.717, 1.165) is 5.56 Å². The molecule has 3 aromatic carbocycles. The molecule has 0 radical (unpaired) electrons. The number of rotatable bonds is 12. The molecule has 0 unspecified atom stereocenters. The summed E-state index contributed by atoms with van der Waals surface area (Å²) >= 11 is 12.4. The van der Waals surface area contributed by atoms with E-state index in [-0.39, 0.29) is 29.4 Å². The molecule has 0 spiro atoms. The second-order valence-corrected chi connectivity index (χ2v) is 19.6. The van der Waals surface area contributed by atoms with Crippen molar-refractivity contribution >= 4 is 67.9 Å². The first-order chi connectivity index (χ1) is 28.6. The Balaban J connectivity index is 1.36. The van der Waals surface area contributed by atoms with Gasteiger partial charge in [0.2, 0.25) is 11.8 Å². The minimum Gasteiger partial charge on any atom is -0.497 e. The monoisotopic (exact) mass is 893 g/mol. The molecular weight excluding hydrogens is 845 g/mol. The lowest BCUT2D eigenvalue weighted by Gasteiger charge is -2.36. The number of fused-ring (bicyclic) bond motifs is 1. The number of likely N-dealkylation sites (tertiary alicyclic amines) is 1. The van der Waals surface area contributed by atoms with Crippen molar-refractivity contribution in [1.82, 2.24) is 25.2 Å². The van der Waals surface area contributed by atoms with Gasteiger partial charge in [-0.2, -0.15) is 0 Å². The fourth-order valence-corrected chi connectivity index (χ4v) is 9.48. The molecule has 3 N–H and O–H groups in total. The Bertz CT molecular complexity index is 2470. The van der Waals surface area contributed by atoms with Crippen LogP contribution >= 0.6 is 23.2 Å². The number of pyridine rings is 1. The number of ether oxygens (including phenoxy) is 3. The number of amides is 4.